The lowest BCUT2D eigenvalue weighted by Crippen LogP contribution is -2.44. The summed E-state index contributed by atoms with van der Waals surface area (Å²) in [5.41, 5.74) is 0. The van der Waals surface area contributed by atoms with Crippen molar-refractivity contribution in [2.75, 3.05) is 13.1 Å². The molecule has 1 aliphatic carbocycles. The van der Waals surface area contributed by atoms with Crippen LogP contribution in [0.1, 0.15) is 44.9 Å². The van der Waals surface area contributed by atoms with E-state index in [1.54, 1.807) is 0 Å². The number of aliphatic hydroxyl groups is 2. The summed E-state index contributed by atoms with van der Waals surface area (Å²) in [6, 6.07) is 0. The van der Waals surface area contributed by atoms with Crippen molar-refractivity contribution in [1.29, 1.82) is 0 Å². The molecule has 1 saturated heterocycles. The Morgan fingerprint density at radius 2 is 1.88 bits per heavy atom. The molecule has 0 aromatic heterocycles. The Morgan fingerprint density at radius 3 is 2.56 bits per heavy atom. The minimum atomic E-state index is -0.264. The van der Waals surface area contributed by atoms with Crippen LogP contribution >= 0.6 is 0 Å². The highest BCUT2D eigenvalue weighted by Gasteiger charge is 2.28. The second-order valence-electron chi connectivity index (χ2n) is 5.61. The van der Waals surface area contributed by atoms with Crippen molar-refractivity contribution in [3.05, 3.63) is 0 Å². The summed E-state index contributed by atoms with van der Waals surface area (Å²) < 4.78 is 0. The van der Waals surface area contributed by atoms with Gasteiger partial charge in [0.05, 0.1) is 12.2 Å². The van der Waals surface area contributed by atoms with Crippen molar-refractivity contribution in [2.45, 2.75) is 57.2 Å². The van der Waals surface area contributed by atoms with Crippen LogP contribution in [-0.4, -0.2) is 35.5 Å². The molecule has 0 spiro atoms. The van der Waals surface area contributed by atoms with E-state index in [0.717, 1.165) is 25.3 Å². The van der Waals surface area contributed by atoms with E-state index >= 15 is 0 Å². The third kappa shape index (κ3) is 3.44. The molecular weight excluding hydrogens is 202 g/mol. The molecule has 3 nitrogen and oxygen atoms in total. The molecule has 2 rings (SSSR count). The molecule has 1 saturated carbocycles. The van der Waals surface area contributed by atoms with Gasteiger partial charge >= 0.3 is 0 Å². The van der Waals surface area contributed by atoms with Crippen molar-refractivity contribution in [1.82, 2.24) is 5.32 Å². The van der Waals surface area contributed by atoms with Gasteiger partial charge in [-0.15, -0.1) is 0 Å². The monoisotopic (exact) mass is 227 g/mol. The second-order valence-corrected chi connectivity index (χ2v) is 5.61. The molecule has 0 bridgehead atoms. The first-order valence-corrected chi connectivity index (χ1v) is 6.82. The highest BCUT2D eigenvalue weighted by molar-refractivity contribution is 4.82. The Kier molecular flexibility index (Phi) is 4.62. The van der Waals surface area contributed by atoms with E-state index in [2.05, 4.69) is 5.32 Å². The van der Waals surface area contributed by atoms with E-state index < -0.39 is 0 Å². The molecule has 1 aliphatic heterocycles. The maximum absolute atomic E-state index is 10.2. The molecule has 3 heteroatoms. The number of piperidine rings is 1. The molecule has 16 heavy (non-hydrogen) atoms. The summed E-state index contributed by atoms with van der Waals surface area (Å²) in [6.45, 7) is 1.55. The van der Waals surface area contributed by atoms with E-state index in [1.807, 2.05) is 0 Å². The third-order valence-electron chi connectivity index (χ3n) is 4.21. The van der Waals surface area contributed by atoms with Gasteiger partial charge in [0.1, 0.15) is 0 Å². The number of aliphatic hydroxyl groups excluding tert-OH is 2. The first kappa shape index (κ1) is 12.3. The van der Waals surface area contributed by atoms with Crippen LogP contribution in [0.15, 0.2) is 0 Å². The predicted molar refractivity (Wildman–Crippen MR) is 64.2 cm³/mol. The van der Waals surface area contributed by atoms with Crippen molar-refractivity contribution >= 4 is 0 Å². The Bertz CT molecular complexity index is 204. The molecule has 2 fully saturated rings. The van der Waals surface area contributed by atoms with Crippen LogP contribution in [-0.2, 0) is 0 Å². The van der Waals surface area contributed by atoms with Gasteiger partial charge in [0, 0.05) is 13.1 Å². The fourth-order valence-electron chi connectivity index (χ4n) is 3.20. The van der Waals surface area contributed by atoms with E-state index in [4.69, 9.17) is 0 Å². The smallest absolute Gasteiger partial charge is 0.0668 e. The molecule has 0 aromatic carbocycles. The van der Waals surface area contributed by atoms with Crippen LogP contribution in [0.5, 0.6) is 0 Å². The molecule has 0 radical (unpaired) electrons. The molecular formula is C13H25NO2. The maximum Gasteiger partial charge on any atom is 0.0668 e. The summed E-state index contributed by atoms with van der Waals surface area (Å²) in [5, 5.41) is 22.9. The molecule has 3 atom stereocenters. The van der Waals surface area contributed by atoms with Gasteiger partial charge in [-0.1, -0.05) is 32.1 Å². The first-order valence-electron chi connectivity index (χ1n) is 6.82. The Balaban J connectivity index is 1.75. The SMILES string of the molecule is OC1CNCC(C(O)CC2CCCCC2)C1. The van der Waals surface area contributed by atoms with Crippen molar-refractivity contribution in [2.24, 2.45) is 11.8 Å². The molecule has 0 aromatic rings. The van der Waals surface area contributed by atoms with Crippen molar-refractivity contribution < 1.29 is 10.2 Å². The maximum atomic E-state index is 10.2. The summed E-state index contributed by atoms with van der Waals surface area (Å²) in [7, 11) is 0. The molecule has 94 valence electrons. The fourth-order valence-corrected chi connectivity index (χ4v) is 3.20. The van der Waals surface area contributed by atoms with Crippen LogP contribution in [0.2, 0.25) is 0 Å². The highest BCUT2D eigenvalue weighted by Crippen LogP contribution is 2.30. The average molecular weight is 227 g/mol. The van der Waals surface area contributed by atoms with E-state index in [0.29, 0.717) is 6.54 Å². The van der Waals surface area contributed by atoms with Gasteiger partial charge in [0.25, 0.3) is 0 Å². The molecule has 0 amide bonds. The van der Waals surface area contributed by atoms with Gasteiger partial charge < -0.3 is 15.5 Å². The fraction of sp³-hybridized carbons (Fsp3) is 1.00. The standard InChI is InChI=1S/C13H25NO2/c15-12-7-11(8-14-9-12)13(16)6-10-4-2-1-3-5-10/h10-16H,1-9H2. The number of hydrogen-bond donors (Lipinski definition) is 3. The zero-order chi connectivity index (χ0) is 11.4. The quantitative estimate of drug-likeness (QED) is 0.681. The molecule has 2 aliphatic rings. The van der Waals surface area contributed by atoms with Crippen LogP contribution in [0, 0.1) is 11.8 Å². The Morgan fingerprint density at radius 1 is 1.12 bits per heavy atom. The minimum absolute atomic E-state index is 0.217. The summed E-state index contributed by atoms with van der Waals surface area (Å²) in [4.78, 5) is 0. The van der Waals surface area contributed by atoms with Crippen LogP contribution < -0.4 is 5.32 Å². The number of nitrogens with one attached hydrogen (secondary N) is 1. The zero-order valence-electron chi connectivity index (χ0n) is 10.1. The number of β-amino-alcohol motifs (C(OH)–C–C–N with tert-alkyl or cyclic N) is 1. The second kappa shape index (κ2) is 5.99. The van der Waals surface area contributed by atoms with Crippen molar-refractivity contribution in [3.8, 4) is 0 Å². The van der Waals surface area contributed by atoms with Crippen LogP contribution in [0.25, 0.3) is 0 Å². The normalized spacial score (nSPS) is 34.9. The Hall–Kier alpha value is -0.120. The first-order chi connectivity index (χ1) is 7.75. The van der Waals surface area contributed by atoms with Crippen molar-refractivity contribution in [3.63, 3.8) is 0 Å². The highest BCUT2D eigenvalue weighted by atomic mass is 16.3. The minimum Gasteiger partial charge on any atom is -0.393 e. The van der Waals surface area contributed by atoms with E-state index in [9.17, 15) is 10.2 Å². The predicted octanol–water partition coefficient (Wildman–Crippen LogP) is 1.29. The van der Waals surface area contributed by atoms with Crippen LogP contribution in [0.4, 0.5) is 0 Å². The molecule has 3 unspecified atom stereocenters. The van der Waals surface area contributed by atoms with Crippen LogP contribution in [0.3, 0.4) is 0 Å². The average Bonchev–Trinajstić information content (AvgIpc) is 2.30. The van der Waals surface area contributed by atoms with Gasteiger partial charge in [-0.2, -0.15) is 0 Å². The Labute approximate surface area is 98.2 Å². The largest absolute Gasteiger partial charge is 0.393 e. The van der Waals surface area contributed by atoms with Gasteiger partial charge in [0.2, 0.25) is 0 Å². The lowest BCUT2D eigenvalue weighted by Gasteiger charge is -2.33. The number of rotatable bonds is 3. The lowest BCUT2D eigenvalue weighted by molar-refractivity contribution is 0.0236. The van der Waals surface area contributed by atoms with E-state index in [-0.39, 0.29) is 18.1 Å². The lowest BCUT2D eigenvalue weighted by atomic mass is 9.81. The third-order valence-corrected chi connectivity index (χ3v) is 4.21. The topological polar surface area (TPSA) is 52.5 Å². The summed E-state index contributed by atoms with van der Waals surface area (Å²) in [6.07, 6.45) is 7.85. The van der Waals surface area contributed by atoms with Gasteiger partial charge in [-0.05, 0) is 24.7 Å². The van der Waals surface area contributed by atoms with Gasteiger partial charge in [-0.3, -0.25) is 0 Å². The van der Waals surface area contributed by atoms with Gasteiger partial charge in [0.15, 0.2) is 0 Å². The molecule has 1 heterocycles. The summed E-state index contributed by atoms with van der Waals surface area (Å²) in [5.74, 6) is 0.980. The van der Waals surface area contributed by atoms with E-state index in [1.165, 1.54) is 32.1 Å². The zero-order valence-corrected chi connectivity index (χ0v) is 10.1. The number of hydrogen-bond acceptors (Lipinski definition) is 3. The summed E-state index contributed by atoms with van der Waals surface area (Å²) >= 11 is 0. The van der Waals surface area contributed by atoms with Gasteiger partial charge in [-0.25, -0.2) is 0 Å². The molecule has 3 N–H and O–H groups in total.